The molecule has 0 atom stereocenters. The minimum atomic E-state index is -0.272. The second-order valence-electron chi connectivity index (χ2n) is 4.92. The van der Waals surface area contributed by atoms with E-state index in [1.165, 1.54) is 0 Å². The quantitative estimate of drug-likeness (QED) is 0.706. The highest BCUT2D eigenvalue weighted by molar-refractivity contribution is 5.92. The van der Waals surface area contributed by atoms with E-state index >= 15 is 0 Å². The van der Waals surface area contributed by atoms with E-state index in [2.05, 4.69) is 15.6 Å². The normalized spacial score (nSPS) is 21.9. The lowest BCUT2D eigenvalue weighted by Gasteiger charge is -2.29. The minimum absolute atomic E-state index is 0.0829. The number of piperidine rings is 1. The Morgan fingerprint density at radius 3 is 2.72 bits per heavy atom. The fraction of sp³-hybridized carbons (Fsp3) is 0.727. The van der Waals surface area contributed by atoms with Crippen molar-refractivity contribution in [1.82, 2.24) is 25.2 Å². The number of aliphatic hydroxyl groups excluding tert-OH is 1. The molecule has 7 heteroatoms. The van der Waals surface area contributed by atoms with Crippen molar-refractivity contribution < 1.29 is 9.90 Å². The topological polar surface area (TPSA) is 83.3 Å². The standard InChI is InChI=1S/C11H17N5O2/c17-9-1-3-15(4-2-9)11(18)10-7-16(14-13-10)8-5-12-6-8/h7-9,12,17H,1-6H2. The van der Waals surface area contributed by atoms with E-state index in [0.717, 1.165) is 13.1 Å². The molecular weight excluding hydrogens is 234 g/mol. The minimum Gasteiger partial charge on any atom is -0.393 e. The first-order chi connectivity index (χ1) is 8.74. The number of carbonyl (C=O) groups is 1. The lowest BCUT2D eigenvalue weighted by Crippen LogP contribution is -2.43. The van der Waals surface area contributed by atoms with E-state index in [0.29, 0.717) is 37.7 Å². The summed E-state index contributed by atoms with van der Waals surface area (Å²) in [6.07, 6.45) is 2.74. The number of nitrogens with one attached hydrogen (secondary N) is 1. The van der Waals surface area contributed by atoms with Crippen LogP contribution in [0.15, 0.2) is 6.20 Å². The summed E-state index contributed by atoms with van der Waals surface area (Å²) >= 11 is 0. The van der Waals surface area contributed by atoms with Gasteiger partial charge in [-0.2, -0.15) is 0 Å². The lowest BCUT2D eigenvalue weighted by molar-refractivity contribution is 0.0541. The van der Waals surface area contributed by atoms with Crippen LogP contribution in [0.3, 0.4) is 0 Å². The van der Waals surface area contributed by atoms with E-state index in [-0.39, 0.29) is 12.0 Å². The van der Waals surface area contributed by atoms with Crippen molar-refractivity contribution >= 4 is 5.91 Å². The molecule has 18 heavy (non-hydrogen) atoms. The van der Waals surface area contributed by atoms with Gasteiger partial charge in [0.1, 0.15) is 0 Å². The highest BCUT2D eigenvalue weighted by Gasteiger charge is 2.26. The Balaban J connectivity index is 1.66. The Hall–Kier alpha value is -1.47. The molecule has 2 aliphatic heterocycles. The molecule has 0 aliphatic carbocycles. The molecule has 1 amide bonds. The van der Waals surface area contributed by atoms with Gasteiger partial charge in [-0.1, -0.05) is 5.21 Å². The smallest absolute Gasteiger partial charge is 0.276 e. The lowest BCUT2D eigenvalue weighted by atomic mass is 10.1. The highest BCUT2D eigenvalue weighted by Crippen LogP contribution is 2.14. The van der Waals surface area contributed by atoms with Crippen LogP contribution in [0.2, 0.25) is 0 Å². The maximum absolute atomic E-state index is 12.2. The number of amides is 1. The molecule has 1 aromatic heterocycles. The van der Waals surface area contributed by atoms with Gasteiger partial charge in [-0.05, 0) is 12.8 Å². The first-order valence-electron chi connectivity index (χ1n) is 6.34. The molecule has 0 bridgehead atoms. The third kappa shape index (κ3) is 2.11. The molecule has 2 saturated heterocycles. The Kier molecular flexibility index (Phi) is 3.00. The molecule has 0 aromatic carbocycles. The fourth-order valence-corrected chi connectivity index (χ4v) is 2.24. The van der Waals surface area contributed by atoms with Crippen molar-refractivity contribution in [3.05, 3.63) is 11.9 Å². The SMILES string of the molecule is O=C(c1cn(C2CNC2)nn1)N1CCC(O)CC1. The molecule has 98 valence electrons. The molecule has 2 N–H and O–H groups in total. The summed E-state index contributed by atoms with van der Waals surface area (Å²) < 4.78 is 1.75. The van der Waals surface area contributed by atoms with Crippen LogP contribution in [0.25, 0.3) is 0 Å². The zero-order valence-corrected chi connectivity index (χ0v) is 10.1. The van der Waals surface area contributed by atoms with Gasteiger partial charge in [0, 0.05) is 26.2 Å². The molecule has 0 saturated carbocycles. The van der Waals surface area contributed by atoms with Crippen LogP contribution >= 0.6 is 0 Å². The van der Waals surface area contributed by atoms with Gasteiger partial charge in [-0.25, -0.2) is 4.68 Å². The summed E-state index contributed by atoms with van der Waals surface area (Å²) in [6.45, 7) is 2.95. The van der Waals surface area contributed by atoms with Gasteiger partial charge in [-0.3, -0.25) is 4.79 Å². The van der Waals surface area contributed by atoms with E-state index in [1.807, 2.05) is 0 Å². The Labute approximate surface area is 105 Å². The molecule has 2 fully saturated rings. The van der Waals surface area contributed by atoms with Gasteiger partial charge in [0.25, 0.3) is 5.91 Å². The van der Waals surface area contributed by atoms with Gasteiger partial charge < -0.3 is 15.3 Å². The van der Waals surface area contributed by atoms with Gasteiger partial charge in [0.2, 0.25) is 0 Å². The van der Waals surface area contributed by atoms with Crippen molar-refractivity contribution in [3.8, 4) is 0 Å². The monoisotopic (exact) mass is 251 g/mol. The predicted molar refractivity (Wildman–Crippen MR) is 63.1 cm³/mol. The summed E-state index contributed by atoms with van der Waals surface area (Å²) in [5.41, 5.74) is 0.401. The van der Waals surface area contributed by atoms with Crippen molar-refractivity contribution in [1.29, 1.82) is 0 Å². The van der Waals surface area contributed by atoms with Crippen LogP contribution in [0.1, 0.15) is 29.4 Å². The Morgan fingerprint density at radius 1 is 1.39 bits per heavy atom. The van der Waals surface area contributed by atoms with Crippen LogP contribution in [-0.2, 0) is 0 Å². The number of rotatable bonds is 2. The fourth-order valence-electron chi connectivity index (χ4n) is 2.24. The number of hydrogen-bond donors (Lipinski definition) is 2. The number of aliphatic hydroxyl groups is 1. The average Bonchev–Trinajstić information content (AvgIpc) is 2.76. The average molecular weight is 251 g/mol. The largest absolute Gasteiger partial charge is 0.393 e. The Morgan fingerprint density at radius 2 is 2.11 bits per heavy atom. The van der Waals surface area contributed by atoms with Crippen molar-refractivity contribution in [2.24, 2.45) is 0 Å². The maximum Gasteiger partial charge on any atom is 0.276 e. The van der Waals surface area contributed by atoms with E-state index in [9.17, 15) is 9.90 Å². The Bertz CT molecular complexity index is 434. The zero-order chi connectivity index (χ0) is 12.5. The molecular formula is C11H17N5O2. The highest BCUT2D eigenvalue weighted by atomic mass is 16.3. The predicted octanol–water partition coefficient (Wildman–Crippen LogP) is -0.981. The number of carbonyl (C=O) groups excluding carboxylic acids is 1. The first-order valence-corrected chi connectivity index (χ1v) is 6.34. The summed E-state index contributed by atoms with van der Waals surface area (Å²) in [6, 6.07) is 0.322. The van der Waals surface area contributed by atoms with Gasteiger partial charge in [-0.15, -0.1) is 5.10 Å². The maximum atomic E-state index is 12.2. The van der Waals surface area contributed by atoms with Crippen molar-refractivity contribution in [3.63, 3.8) is 0 Å². The summed E-state index contributed by atoms with van der Waals surface area (Å²) in [5.74, 6) is -0.0829. The molecule has 3 rings (SSSR count). The van der Waals surface area contributed by atoms with Gasteiger partial charge >= 0.3 is 0 Å². The molecule has 0 unspecified atom stereocenters. The van der Waals surface area contributed by atoms with Crippen molar-refractivity contribution in [2.75, 3.05) is 26.2 Å². The second-order valence-corrected chi connectivity index (χ2v) is 4.92. The van der Waals surface area contributed by atoms with E-state index in [4.69, 9.17) is 0 Å². The van der Waals surface area contributed by atoms with Crippen molar-refractivity contribution in [2.45, 2.75) is 25.0 Å². The van der Waals surface area contributed by atoms with Crippen LogP contribution in [0.4, 0.5) is 0 Å². The zero-order valence-electron chi connectivity index (χ0n) is 10.1. The van der Waals surface area contributed by atoms with Crippen LogP contribution < -0.4 is 5.32 Å². The van der Waals surface area contributed by atoms with E-state index < -0.39 is 0 Å². The number of nitrogens with zero attached hydrogens (tertiary/aromatic N) is 4. The van der Waals surface area contributed by atoms with Crippen LogP contribution in [0.5, 0.6) is 0 Å². The molecule has 1 aromatic rings. The van der Waals surface area contributed by atoms with Gasteiger partial charge in [0.15, 0.2) is 5.69 Å². The third-order valence-corrected chi connectivity index (χ3v) is 3.62. The third-order valence-electron chi connectivity index (χ3n) is 3.62. The molecule has 0 spiro atoms. The first kappa shape index (κ1) is 11.6. The number of likely N-dealkylation sites (tertiary alicyclic amines) is 1. The van der Waals surface area contributed by atoms with Crippen LogP contribution in [-0.4, -0.2) is 63.2 Å². The van der Waals surface area contributed by atoms with Crippen LogP contribution in [0, 0.1) is 0 Å². The molecule has 3 heterocycles. The van der Waals surface area contributed by atoms with Gasteiger partial charge in [0.05, 0.1) is 18.3 Å². The molecule has 0 radical (unpaired) electrons. The summed E-state index contributed by atoms with van der Waals surface area (Å²) in [5, 5.41) is 20.5. The second kappa shape index (κ2) is 4.66. The summed E-state index contributed by atoms with van der Waals surface area (Å²) in [4.78, 5) is 13.9. The number of hydrogen-bond acceptors (Lipinski definition) is 5. The molecule has 7 nitrogen and oxygen atoms in total. The summed E-state index contributed by atoms with van der Waals surface area (Å²) in [7, 11) is 0. The molecule has 2 aliphatic rings. The number of aromatic nitrogens is 3. The van der Waals surface area contributed by atoms with E-state index in [1.54, 1.807) is 15.8 Å².